The predicted molar refractivity (Wildman–Crippen MR) is 99.0 cm³/mol. The molecule has 1 aromatic heterocycles. The Morgan fingerprint density at radius 3 is 2.88 bits per heavy atom. The smallest absolute Gasteiger partial charge is 0.303 e. The van der Waals surface area contributed by atoms with Gasteiger partial charge in [-0.25, -0.2) is 0 Å². The molecule has 0 saturated heterocycles. The Kier molecular flexibility index (Phi) is 4.15. The summed E-state index contributed by atoms with van der Waals surface area (Å²) in [5, 5.41) is 11.8. The maximum Gasteiger partial charge on any atom is 0.303 e. The van der Waals surface area contributed by atoms with Crippen LogP contribution in [0, 0.1) is 6.92 Å². The van der Waals surface area contributed by atoms with Crippen LogP contribution in [0.5, 0.6) is 0 Å². The Morgan fingerprint density at radius 1 is 1.31 bits per heavy atom. The zero-order chi connectivity index (χ0) is 18.3. The molecule has 0 atom stereocenters. The van der Waals surface area contributed by atoms with Crippen molar-refractivity contribution in [2.24, 2.45) is 0 Å². The highest BCUT2D eigenvalue weighted by Gasteiger charge is 2.26. The number of benzene rings is 1. The lowest BCUT2D eigenvalue weighted by molar-refractivity contribution is -0.137. The van der Waals surface area contributed by atoms with Crippen molar-refractivity contribution in [3.05, 3.63) is 52.0 Å². The first kappa shape index (κ1) is 16.6. The van der Waals surface area contributed by atoms with Crippen LogP contribution in [0.4, 0.5) is 5.69 Å². The summed E-state index contributed by atoms with van der Waals surface area (Å²) in [6.07, 6.45) is 6.67. The molecule has 1 aromatic carbocycles. The number of hydrogen-bond donors (Lipinski definition) is 2. The molecule has 4 rings (SSSR count). The molecule has 2 N–H and O–H groups in total. The van der Waals surface area contributed by atoms with Crippen LogP contribution >= 0.6 is 0 Å². The number of fused-ring (bicyclic) bond motifs is 2. The van der Waals surface area contributed by atoms with Gasteiger partial charge in [0.2, 0.25) is 0 Å². The lowest BCUT2D eigenvalue weighted by atomic mass is 9.95. The van der Waals surface area contributed by atoms with E-state index in [1.165, 1.54) is 12.0 Å². The van der Waals surface area contributed by atoms with Gasteiger partial charge in [0.1, 0.15) is 11.5 Å². The Bertz CT molecular complexity index is 936. The van der Waals surface area contributed by atoms with E-state index in [1.54, 1.807) is 0 Å². The predicted octanol–water partition coefficient (Wildman–Crippen LogP) is 3.98. The molecule has 0 spiro atoms. The number of aryl methyl sites for hydroxylation is 2. The first-order valence-corrected chi connectivity index (χ1v) is 9.02. The number of carbonyl (C=O) groups excluding carboxylic acids is 1. The Balaban J connectivity index is 1.71. The van der Waals surface area contributed by atoms with Gasteiger partial charge in [-0.2, -0.15) is 0 Å². The van der Waals surface area contributed by atoms with Gasteiger partial charge >= 0.3 is 5.97 Å². The van der Waals surface area contributed by atoms with Crippen LogP contribution in [0.2, 0.25) is 0 Å². The van der Waals surface area contributed by atoms with Crippen molar-refractivity contribution in [2.45, 2.75) is 45.4 Å². The van der Waals surface area contributed by atoms with Gasteiger partial charge in [0.25, 0.3) is 5.91 Å². The third-order valence-corrected chi connectivity index (χ3v) is 5.24. The molecule has 5 nitrogen and oxygen atoms in total. The van der Waals surface area contributed by atoms with Crippen molar-refractivity contribution in [2.75, 3.05) is 5.32 Å². The standard InChI is InChI=1S/C21H21NO4/c1-12-14-4-2-3-5-18(14)26-19(12)11-16-15-10-13(7-9-20(23)24)6-8-17(15)22-21(16)25/h6,8,10-11H,2-5,7,9H2,1H3,(H,22,25)(H,23,24). The van der Waals surface area contributed by atoms with Gasteiger partial charge in [-0.3, -0.25) is 9.59 Å². The highest BCUT2D eigenvalue weighted by Crippen LogP contribution is 2.36. The van der Waals surface area contributed by atoms with E-state index in [2.05, 4.69) is 12.2 Å². The van der Waals surface area contributed by atoms with Crippen molar-refractivity contribution in [3.8, 4) is 0 Å². The molecule has 2 aliphatic rings. The van der Waals surface area contributed by atoms with E-state index in [0.717, 1.165) is 53.2 Å². The van der Waals surface area contributed by atoms with Gasteiger partial charge in [-0.15, -0.1) is 0 Å². The number of aliphatic carboxylic acids is 1. The molecule has 0 radical (unpaired) electrons. The summed E-state index contributed by atoms with van der Waals surface area (Å²) in [6, 6.07) is 5.60. The zero-order valence-corrected chi connectivity index (χ0v) is 14.7. The monoisotopic (exact) mass is 351 g/mol. The highest BCUT2D eigenvalue weighted by atomic mass is 16.4. The van der Waals surface area contributed by atoms with Crippen molar-refractivity contribution in [3.63, 3.8) is 0 Å². The number of rotatable bonds is 4. The van der Waals surface area contributed by atoms with Gasteiger partial charge in [0.15, 0.2) is 0 Å². The fraction of sp³-hybridized carbons (Fsp3) is 0.333. The van der Waals surface area contributed by atoms with Crippen molar-refractivity contribution < 1.29 is 19.1 Å². The number of nitrogens with one attached hydrogen (secondary N) is 1. The summed E-state index contributed by atoms with van der Waals surface area (Å²) < 4.78 is 6.04. The molecule has 2 heterocycles. The number of anilines is 1. The molecule has 0 bridgehead atoms. The van der Waals surface area contributed by atoms with Crippen LogP contribution in [-0.2, 0) is 28.9 Å². The van der Waals surface area contributed by atoms with E-state index in [-0.39, 0.29) is 12.3 Å². The van der Waals surface area contributed by atoms with Gasteiger partial charge in [0, 0.05) is 24.1 Å². The summed E-state index contributed by atoms with van der Waals surface area (Å²) in [5.74, 6) is 0.830. The maximum atomic E-state index is 12.5. The fourth-order valence-electron chi connectivity index (χ4n) is 3.80. The molecule has 1 aliphatic carbocycles. The second-order valence-electron chi connectivity index (χ2n) is 6.99. The fourth-order valence-corrected chi connectivity index (χ4v) is 3.80. The summed E-state index contributed by atoms with van der Waals surface area (Å²) in [5.41, 5.74) is 5.46. The third kappa shape index (κ3) is 2.94. The van der Waals surface area contributed by atoms with Crippen LogP contribution in [0.1, 0.15) is 53.0 Å². The molecule has 26 heavy (non-hydrogen) atoms. The summed E-state index contributed by atoms with van der Waals surface area (Å²) in [4.78, 5) is 23.3. The second kappa shape index (κ2) is 6.48. The Labute approximate surface area is 151 Å². The molecule has 0 saturated carbocycles. The first-order valence-electron chi connectivity index (χ1n) is 9.02. The van der Waals surface area contributed by atoms with Crippen LogP contribution < -0.4 is 5.32 Å². The first-order chi connectivity index (χ1) is 12.5. The lowest BCUT2D eigenvalue weighted by Crippen LogP contribution is -2.03. The molecule has 5 heteroatoms. The minimum absolute atomic E-state index is 0.0726. The third-order valence-electron chi connectivity index (χ3n) is 5.24. The largest absolute Gasteiger partial charge is 0.481 e. The van der Waals surface area contributed by atoms with Crippen molar-refractivity contribution in [1.82, 2.24) is 0 Å². The molecular formula is C21H21NO4. The summed E-state index contributed by atoms with van der Waals surface area (Å²) in [6.45, 7) is 2.05. The maximum absolute atomic E-state index is 12.5. The lowest BCUT2D eigenvalue weighted by Gasteiger charge is -2.08. The second-order valence-corrected chi connectivity index (χ2v) is 6.99. The Hall–Kier alpha value is -2.82. The quantitative estimate of drug-likeness (QED) is 0.817. The van der Waals surface area contributed by atoms with Crippen LogP contribution in [0.15, 0.2) is 22.6 Å². The zero-order valence-electron chi connectivity index (χ0n) is 14.7. The molecule has 1 amide bonds. The number of amides is 1. The van der Waals surface area contributed by atoms with E-state index in [4.69, 9.17) is 9.52 Å². The number of carbonyl (C=O) groups is 2. The van der Waals surface area contributed by atoms with Gasteiger partial charge < -0.3 is 14.8 Å². The number of furan rings is 1. The normalized spacial score (nSPS) is 17.1. The van der Waals surface area contributed by atoms with Crippen LogP contribution in [-0.4, -0.2) is 17.0 Å². The topological polar surface area (TPSA) is 79.5 Å². The Morgan fingerprint density at radius 2 is 2.12 bits per heavy atom. The van der Waals surface area contributed by atoms with Crippen molar-refractivity contribution >= 4 is 29.2 Å². The number of carboxylic acid groups (broad SMARTS) is 1. The molecule has 2 aromatic rings. The van der Waals surface area contributed by atoms with E-state index in [0.29, 0.717) is 12.0 Å². The average molecular weight is 351 g/mol. The average Bonchev–Trinajstić information content (AvgIpc) is 3.11. The van der Waals surface area contributed by atoms with E-state index < -0.39 is 5.97 Å². The SMILES string of the molecule is Cc1c(C=C2C(=O)Nc3ccc(CCC(=O)O)cc32)oc2c1CCCC2. The number of hydrogen-bond acceptors (Lipinski definition) is 3. The van der Waals surface area contributed by atoms with E-state index in [9.17, 15) is 9.59 Å². The summed E-state index contributed by atoms with van der Waals surface area (Å²) in [7, 11) is 0. The highest BCUT2D eigenvalue weighted by molar-refractivity contribution is 6.34. The molecule has 0 fully saturated rings. The van der Waals surface area contributed by atoms with Crippen LogP contribution in [0.25, 0.3) is 11.6 Å². The minimum Gasteiger partial charge on any atom is -0.481 e. The molecular weight excluding hydrogens is 330 g/mol. The van der Waals surface area contributed by atoms with Gasteiger partial charge in [0.05, 0.1) is 5.57 Å². The van der Waals surface area contributed by atoms with Crippen molar-refractivity contribution in [1.29, 1.82) is 0 Å². The molecule has 1 aliphatic heterocycles. The van der Waals surface area contributed by atoms with E-state index >= 15 is 0 Å². The molecule has 134 valence electrons. The van der Waals surface area contributed by atoms with Gasteiger partial charge in [-0.1, -0.05) is 6.07 Å². The number of carboxylic acids is 1. The van der Waals surface area contributed by atoms with E-state index in [1.807, 2.05) is 24.3 Å². The van der Waals surface area contributed by atoms with Crippen LogP contribution in [0.3, 0.4) is 0 Å². The van der Waals surface area contributed by atoms with Gasteiger partial charge in [-0.05, 0) is 67.5 Å². The summed E-state index contributed by atoms with van der Waals surface area (Å²) >= 11 is 0. The minimum atomic E-state index is -0.827. The molecule has 0 unspecified atom stereocenters.